The van der Waals surface area contributed by atoms with Gasteiger partial charge >= 0.3 is 0 Å². The second kappa shape index (κ2) is 5.82. The van der Waals surface area contributed by atoms with E-state index in [4.69, 9.17) is 10.5 Å². The fourth-order valence-electron chi connectivity index (χ4n) is 1.76. The number of benzene rings is 1. The van der Waals surface area contributed by atoms with Crippen molar-refractivity contribution in [1.29, 1.82) is 0 Å². The first-order valence-corrected chi connectivity index (χ1v) is 5.26. The zero-order chi connectivity index (χ0) is 12.1. The fourth-order valence-corrected chi connectivity index (χ4v) is 1.76. The summed E-state index contributed by atoms with van der Waals surface area (Å²) in [5.41, 5.74) is 6.55. The lowest BCUT2D eigenvalue weighted by molar-refractivity contribution is 0.360. The van der Waals surface area contributed by atoms with E-state index >= 15 is 0 Å². The molecule has 0 saturated carbocycles. The van der Waals surface area contributed by atoms with E-state index in [0.29, 0.717) is 12.3 Å². The van der Waals surface area contributed by atoms with Gasteiger partial charge in [-0.25, -0.2) is 4.39 Å². The first kappa shape index (κ1) is 12.9. The van der Waals surface area contributed by atoms with Crippen LogP contribution in [0.4, 0.5) is 4.39 Å². The SMILES string of the molecule is COc1ccc(F)cc1C(CN)CN(C)C. The molecule has 0 aliphatic carbocycles. The molecule has 0 aliphatic heterocycles. The summed E-state index contributed by atoms with van der Waals surface area (Å²) in [6.07, 6.45) is 0. The number of ether oxygens (including phenoxy) is 1. The summed E-state index contributed by atoms with van der Waals surface area (Å²) >= 11 is 0. The summed E-state index contributed by atoms with van der Waals surface area (Å²) in [4.78, 5) is 2.03. The van der Waals surface area contributed by atoms with Gasteiger partial charge in [0.1, 0.15) is 11.6 Å². The standard InChI is InChI=1S/C12H19FN2O/c1-15(2)8-9(7-14)11-6-10(13)4-5-12(11)16-3/h4-6,9H,7-8,14H2,1-3H3. The Kier molecular flexibility index (Phi) is 4.71. The van der Waals surface area contributed by atoms with Gasteiger partial charge in [-0.3, -0.25) is 0 Å². The molecule has 1 aromatic rings. The largest absolute Gasteiger partial charge is 0.496 e. The molecule has 16 heavy (non-hydrogen) atoms. The van der Waals surface area contributed by atoms with Gasteiger partial charge in [0.2, 0.25) is 0 Å². The van der Waals surface area contributed by atoms with E-state index < -0.39 is 0 Å². The Bertz CT molecular complexity index is 342. The summed E-state index contributed by atoms with van der Waals surface area (Å²) in [6, 6.07) is 4.54. The first-order valence-electron chi connectivity index (χ1n) is 5.26. The van der Waals surface area contributed by atoms with Gasteiger partial charge in [0.25, 0.3) is 0 Å². The number of nitrogens with two attached hydrogens (primary N) is 1. The van der Waals surface area contributed by atoms with Crippen molar-refractivity contribution in [2.24, 2.45) is 5.73 Å². The first-order chi connectivity index (χ1) is 7.58. The highest BCUT2D eigenvalue weighted by Crippen LogP contribution is 2.27. The Labute approximate surface area is 96.0 Å². The zero-order valence-corrected chi connectivity index (χ0v) is 10.0. The van der Waals surface area contributed by atoms with Gasteiger partial charge in [-0.15, -0.1) is 0 Å². The van der Waals surface area contributed by atoms with Gasteiger partial charge in [0.05, 0.1) is 7.11 Å². The van der Waals surface area contributed by atoms with Crippen LogP contribution in [0.1, 0.15) is 11.5 Å². The molecule has 0 aromatic heterocycles. The second-order valence-corrected chi connectivity index (χ2v) is 4.08. The molecular formula is C12H19FN2O. The molecule has 1 rings (SSSR count). The Morgan fingerprint density at radius 1 is 1.44 bits per heavy atom. The average molecular weight is 226 g/mol. The van der Waals surface area contributed by atoms with Crippen LogP contribution in [0.2, 0.25) is 0 Å². The lowest BCUT2D eigenvalue weighted by Crippen LogP contribution is -2.26. The molecule has 1 unspecified atom stereocenters. The number of hydrogen-bond acceptors (Lipinski definition) is 3. The normalized spacial score (nSPS) is 12.9. The molecule has 0 amide bonds. The third kappa shape index (κ3) is 3.18. The zero-order valence-electron chi connectivity index (χ0n) is 10.0. The molecule has 1 atom stereocenters. The van der Waals surface area contributed by atoms with E-state index in [1.165, 1.54) is 12.1 Å². The van der Waals surface area contributed by atoms with E-state index in [2.05, 4.69) is 0 Å². The highest BCUT2D eigenvalue weighted by atomic mass is 19.1. The van der Waals surface area contributed by atoms with Crippen molar-refractivity contribution in [2.75, 3.05) is 34.3 Å². The predicted molar refractivity (Wildman–Crippen MR) is 63.3 cm³/mol. The van der Waals surface area contributed by atoms with Gasteiger partial charge < -0.3 is 15.4 Å². The van der Waals surface area contributed by atoms with Crippen molar-refractivity contribution in [2.45, 2.75) is 5.92 Å². The van der Waals surface area contributed by atoms with Crippen molar-refractivity contribution in [3.8, 4) is 5.75 Å². The number of nitrogens with zero attached hydrogens (tertiary/aromatic N) is 1. The summed E-state index contributed by atoms with van der Waals surface area (Å²) in [5, 5.41) is 0. The van der Waals surface area contributed by atoms with Crippen molar-refractivity contribution < 1.29 is 9.13 Å². The van der Waals surface area contributed by atoms with Crippen LogP contribution >= 0.6 is 0 Å². The van der Waals surface area contributed by atoms with Crippen LogP contribution in [0.25, 0.3) is 0 Å². The quantitative estimate of drug-likeness (QED) is 0.825. The lowest BCUT2D eigenvalue weighted by Gasteiger charge is -2.21. The number of rotatable bonds is 5. The monoisotopic (exact) mass is 226 g/mol. The van der Waals surface area contributed by atoms with Crippen LogP contribution in [0.3, 0.4) is 0 Å². The van der Waals surface area contributed by atoms with Gasteiger partial charge in [-0.1, -0.05) is 0 Å². The maximum Gasteiger partial charge on any atom is 0.123 e. The Hall–Kier alpha value is -1.13. The summed E-state index contributed by atoms with van der Waals surface area (Å²) < 4.78 is 18.4. The van der Waals surface area contributed by atoms with Gasteiger partial charge in [0, 0.05) is 24.6 Å². The molecule has 0 heterocycles. The van der Waals surface area contributed by atoms with Gasteiger partial charge in [-0.2, -0.15) is 0 Å². The summed E-state index contributed by atoms with van der Waals surface area (Å²) in [5.74, 6) is 0.521. The maximum absolute atomic E-state index is 13.2. The molecule has 0 aliphatic rings. The Morgan fingerprint density at radius 3 is 2.62 bits per heavy atom. The Balaban J connectivity index is 3.02. The van der Waals surface area contributed by atoms with Crippen LogP contribution in [-0.2, 0) is 0 Å². The van der Waals surface area contributed by atoms with Crippen molar-refractivity contribution in [1.82, 2.24) is 4.90 Å². The number of methoxy groups -OCH3 is 1. The van der Waals surface area contributed by atoms with Crippen molar-refractivity contribution >= 4 is 0 Å². The van der Waals surface area contributed by atoms with Crippen LogP contribution < -0.4 is 10.5 Å². The van der Waals surface area contributed by atoms with E-state index in [0.717, 1.165) is 12.1 Å². The minimum absolute atomic E-state index is 0.0839. The molecule has 2 N–H and O–H groups in total. The van der Waals surface area contributed by atoms with Gasteiger partial charge in [0.15, 0.2) is 0 Å². The number of likely N-dealkylation sites (N-methyl/N-ethyl adjacent to an activating group) is 1. The third-order valence-electron chi connectivity index (χ3n) is 2.50. The highest BCUT2D eigenvalue weighted by Gasteiger charge is 2.16. The second-order valence-electron chi connectivity index (χ2n) is 4.08. The molecule has 0 radical (unpaired) electrons. The molecule has 90 valence electrons. The molecule has 3 nitrogen and oxygen atoms in total. The predicted octanol–water partition coefficient (Wildman–Crippen LogP) is 1.44. The van der Waals surface area contributed by atoms with Gasteiger partial charge in [-0.05, 0) is 32.3 Å². The van der Waals surface area contributed by atoms with Crippen LogP contribution in [0.5, 0.6) is 5.75 Å². The Morgan fingerprint density at radius 2 is 2.12 bits per heavy atom. The van der Waals surface area contributed by atoms with Crippen LogP contribution in [0, 0.1) is 5.82 Å². The van der Waals surface area contributed by atoms with E-state index in [9.17, 15) is 4.39 Å². The maximum atomic E-state index is 13.2. The van der Waals surface area contributed by atoms with Crippen molar-refractivity contribution in [3.05, 3.63) is 29.6 Å². The molecule has 0 spiro atoms. The minimum Gasteiger partial charge on any atom is -0.496 e. The summed E-state index contributed by atoms with van der Waals surface area (Å²) in [7, 11) is 5.52. The summed E-state index contributed by atoms with van der Waals surface area (Å²) in [6.45, 7) is 1.24. The highest BCUT2D eigenvalue weighted by molar-refractivity contribution is 5.37. The molecule has 0 bridgehead atoms. The molecular weight excluding hydrogens is 207 g/mol. The van der Waals surface area contributed by atoms with E-state index in [1.54, 1.807) is 13.2 Å². The third-order valence-corrected chi connectivity index (χ3v) is 2.50. The van der Waals surface area contributed by atoms with Crippen LogP contribution in [0.15, 0.2) is 18.2 Å². The van der Waals surface area contributed by atoms with E-state index in [1.807, 2.05) is 19.0 Å². The number of hydrogen-bond donors (Lipinski definition) is 1. The average Bonchev–Trinajstić information content (AvgIpc) is 2.25. The number of halogens is 1. The topological polar surface area (TPSA) is 38.5 Å². The van der Waals surface area contributed by atoms with Crippen molar-refractivity contribution in [3.63, 3.8) is 0 Å². The smallest absolute Gasteiger partial charge is 0.123 e. The molecule has 4 heteroatoms. The fraction of sp³-hybridized carbons (Fsp3) is 0.500. The lowest BCUT2D eigenvalue weighted by atomic mass is 9.97. The molecule has 0 saturated heterocycles. The minimum atomic E-state index is -0.256. The van der Waals surface area contributed by atoms with Crippen LogP contribution in [-0.4, -0.2) is 39.2 Å². The molecule has 1 aromatic carbocycles. The molecule has 0 fully saturated rings. The van der Waals surface area contributed by atoms with E-state index in [-0.39, 0.29) is 11.7 Å².